The summed E-state index contributed by atoms with van der Waals surface area (Å²) in [4.78, 5) is 4.15. The molecule has 1 N–H and O–H groups in total. The molecule has 2 nitrogen and oxygen atoms in total. The van der Waals surface area contributed by atoms with E-state index in [-0.39, 0.29) is 0 Å². The molecule has 0 bridgehead atoms. The van der Waals surface area contributed by atoms with Gasteiger partial charge in [0.1, 0.15) is 0 Å². The van der Waals surface area contributed by atoms with E-state index in [4.69, 9.17) is 0 Å². The predicted octanol–water partition coefficient (Wildman–Crippen LogP) is 3.31. The number of nitrogens with one attached hydrogen (secondary N) is 1. The maximum Gasteiger partial charge on any atom is 0.0315 e. The molecule has 2 rings (SSSR count). The molecule has 2 heteroatoms. The second-order valence-corrected chi connectivity index (χ2v) is 4.90. The second kappa shape index (κ2) is 6.00. The Bertz CT molecular complexity index is 291. The van der Waals surface area contributed by atoms with Crippen molar-refractivity contribution >= 4 is 0 Å². The van der Waals surface area contributed by atoms with Gasteiger partial charge in [-0.15, -0.1) is 0 Å². The van der Waals surface area contributed by atoms with Gasteiger partial charge in [-0.2, -0.15) is 0 Å². The smallest absolute Gasteiger partial charge is 0.0315 e. The number of hydrogen-bond donors (Lipinski definition) is 1. The Morgan fingerprint density at radius 1 is 1.44 bits per heavy atom. The fraction of sp³-hybridized carbons (Fsp3) is 0.643. The van der Waals surface area contributed by atoms with Crippen LogP contribution in [0.5, 0.6) is 0 Å². The van der Waals surface area contributed by atoms with E-state index < -0.39 is 0 Å². The zero-order valence-corrected chi connectivity index (χ0v) is 10.2. The first-order valence-corrected chi connectivity index (χ1v) is 6.49. The van der Waals surface area contributed by atoms with Crippen LogP contribution in [0.1, 0.15) is 50.6 Å². The number of rotatable bonds is 5. The number of nitrogens with zero attached hydrogens (tertiary/aromatic N) is 1. The summed E-state index contributed by atoms with van der Waals surface area (Å²) in [5.41, 5.74) is 1.29. The molecule has 1 unspecified atom stereocenters. The van der Waals surface area contributed by atoms with Crippen LogP contribution in [0.2, 0.25) is 0 Å². The minimum absolute atomic E-state index is 0.426. The van der Waals surface area contributed by atoms with E-state index in [1.54, 1.807) is 0 Å². The molecule has 1 fully saturated rings. The number of aromatic nitrogens is 1. The van der Waals surface area contributed by atoms with Crippen molar-refractivity contribution in [3.05, 3.63) is 30.1 Å². The maximum atomic E-state index is 4.15. The molecule has 1 heterocycles. The third-order valence-electron chi connectivity index (χ3n) is 3.66. The van der Waals surface area contributed by atoms with E-state index in [2.05, 4.69) is 23.3 Å². The molecular formula is C14H22N2. The average Bonchev–Trinajstić information content (AvgIpc) is 2.83. The zero-order valence-electron chi connectivity index (χ0n) is 10.2. The first-order valence-electron chi connectivity index (χ1n) is 6.49. The Hall–Kier alpha value is -0.890. The lowest BCUT2D eigenvalue weighted by Crippen LogP contribution is -2.21. The van der Waals surface area contributed by atoms with Crippen molar-refractivity contribution in [2.24, 2.45) is 5.92 Å². The van der Waals surface area contributed by atoms with Crippen LogP contribution in [-0.2, 0) is 0 Å². The molecule has 0 spiro atoms. The summed E-state index contributed by atoms with van der Waals surface area (Å²) in [6.07, 6.45) is 10.9. The molecule has 16 heavy (non-hydrogen) atoms. The van der Waals surface area contributed by atoms with E-state index in [9.17, 15) is 0 Å². The van der Waals surface area contributed by atoms with E-state index in [0.29, 0.717) is 6.04 Å². The van der Waals surface area contributed by atoms with Gasteiger partial charge in [0.15, 0.2) is 0 Å². The predicted molar refractivity (Wildman–Crippen MR) is 67.2 cm³/mol. The zero-order chi connectivity index (χ0) is 11.2. The van der Waals surface area contributed by atoms with Crippen LogP contribution in [0.15, 0.2) is 24.5 Å². The molecule has 0 aliphatic heterocycles. The molecule has 1 saturated carbocycles. The molecule has 1 aliphatic carbocycles. The normalized spacial score (nSPS) is 18.8. The van der Waals surface area contributed by atoms with Crippen LogP contribution in [0.4, 0.5) is 0 Å². The summed E-state index contributed by atoms with van der Waals surface area (Å²) in [5, 5.41) is 3.59. The van der Waals surface area contributed by atoms with Crippen molar-refractivity contribution in [2.75, 3.05) is 6.54 Å². The first-order chi connectivity index (χ1) is 7.86. The van der Waals surface area contributed by atoms with Crippen LogP contribution in [0, 0.1) is 5.92 Å². The number of hydrogen-bond acceptors (Lipinski definition) is 2. The first kappa shape index (κ1) is 11.6. The molecule has 0 amide bonds. The highest BCUT2D eigenvalue weighted by Gasteiger charge is 2.14. The van der Waals surface area contributed by atoms with Crippen LogP contribution >= 0.6 is 0 Å². The lowest BCUT2D eigenvalue weighted by molar-refractivity contribution is 0.454. The van der Waals surface area contributed by atoms with Crippen molar-refractivity contribution in [2.45, 2.75) is 45.1 Å². The lowest BCUT2D eigenvalue weighted by atomic mass is 10.0. The van der Waals surface area contributed by atoms with Crippen molar-refractivity contribution in [3.63, 3.8) is 0 Å². The van der Waals surface area contributed by atoms with Crippen LogP contribution in [0.3, 0.4) is 0 Å². The highest BCUT2D eigenvalue weighted by Crippen LogP contribution is 2.27. The van der Waals surface area contributed by atoms with Gasteiger partial charge in [-0.05, 0) is 37.4 Å². The van der Waals surface area contributed by atoms with E-state index in [1.807, 2.05) is 18.5 Å². The maximum absolute atomic E-state index is 4.15. The SMILES string of the molecule is CC(NCCC1CCCC1)c1cccnc1. The Morgan fingerprint density at radius 2 is 2.25 bits per heavy atom. The molecule has 1 aromatic rings. The van der Waals surface area contributed by atoms with Gasteiger partial charge in [-0.1, -0.05) is 31.7 Å². The molecular weight excluding hydrogens is 196 g/mol. The molecule has 0 aromatic carbocycles. The largest absolute Gasteiger partial charge is 0.310 e. The van der Waals surface area contributed by atoms with Crippen molar-refractivity contribution < 1.29 is 0 Å². The van der Waals surface area contributed by atoms with Crippen LogP contribution in [0.25, 0.3) is 0 Å². The highest BCUT2D eigenvalue weighted by atomic mass is 14.9. The van der Waals surface area contributed by atoms with Crippen molar-refractivity contribution in [1.29, 1.82) is 0 Å². The summed E-state index contributed by atoms with van der Waals surface area (Å²) in [6, 6.07) is 4.57. The van der Waals surface area contributed by atoms with Gasteiger partial charge in [0.05, 0.1) is 0 Å². The molecule has 88 valence electrons. The molecule has 1 aromatic heterocycles. The molecule has 1 atom stereocenters. The highest BCUT2D eigenvalue weighted by molar-refractivity contribution is 5.12. The van der Waals surface area contributed by atoms with Gasteiger partial charge < -0.3 is 5.32 Å². The van der Waals surface area contributed by atoms with Gasteiger partial charge in [-0.25, -0.2) is 0 Å². The Kier molecular flexibility index (Phi) is 4.34. The summed E-state index contributed by atoms with van der Waals surface area (Å²) < 4.78 is 0. The minimum atomic E-state index is 0.426. The van der Waals surface area contributed by atoms with Gasteiger partial charge in [-0.3, -0.25) is 4.98 Å². The fourth-order valence-corrected chi connectivity index (χ4v) is 2.55. The van der Waals surface area contributed by atoms with E-state index in [0.717, 1.165) is 12.5 Å². The van der Waals surface area contributed by atoms with Crippen LogP contribution in [-0.4, -0.2) is 11.5 Å². The van der Waals surface area contributed by atoms with E-state index in [1.165, 1.54) is 37.7 Å². The Morgan fingerprint density at radius 3 is 2.94 bits per heavy atom. The van der Waals surface area contributed by atoms with Gasteiger partial charge in [0, 0.05) is 18.4 Å². The lowest BCUT2D eigenvalue weighted by Gasteiger charge is -2.15. The molecule has 0 saturated heterocycles. The fourth-order valence-electron chi connectivity index (χ4n) is 2.55. The summed E-state index contributed by atoms with van der Waals surface area (Å²) in [6.45, 7) is 3.35. The molecule has 1 aliphatic rings. The third-order valence-corrected chi connectivity index (χ3v) is 3.66. The number of pyridine rings is 1. The second-order valence-electron chi connectivity index (χ2n) is 4.90. The van der Waals surface area contributed by atoms with Crippen molar-refractivity contribution in [3.8, 4) is 0 Å². The Balaban J connectivity index is 1.69. The summed E-state index contributed by atoms with van der Waals surface area (Å²) in [5.74, 6) is 0.980. The van der Waals surface area contributed by atoms with Crippen molar-refractivity contribution in [1.82, 2.24) is 10.3 Å². The van der Waals surface area contributed by atoms with Gasteiger partial charge in [0.2, 0.25) is 0 Å². The molecule has 0 radical (unpaired) electrons. The summed E-state index contributed by atoms with van der Waals surface area (Å²) >= 11 is 0. The summed E-state index contributed by atoms with van der Waals surface area (Å²) in [7, 11) is 0. The van der Waals surface area contributed by atoms with Gasteiger partial charge in [0.25, 0.3) is 0 Å². The Labute approximate surface area is 98.5 Å². The van der Waals surface area contributed by atoms with Gasteiger partial charge >= 0.3 is 0 Å². The quantitative estimate of drug-likeness (QED) is 0.820. The standard InChI is InChI=1S/C14H22N2/c1-12(14-7-4-9-15-11-14)16-10-8-13-5-2-3-6-13/h4,7,9,11-13,16H,2-3,5-6,8,10H2,1H3. The topological polar surface area (TPSA) is 24.9 Å². The monoisotopic (exact) mass is 218 g/mol. The third kappa shape index (κ3) is 3.31. The minimum Gasteiger partial charge on any atom is -0.310 e. The van der Waals surface area contributed by atoms with E-state index >= 15 is 0 Å². The average molecular weight is 218 g/mol. The van der Waals surface area contributed by atoms with Crippen LogP contribution < -0.4 is 5.32 Å².